The number of carbonyl (C=O) groups is 1. The molecule has 128 valence electrons. The first-order valence-electron chi connectivity index (χ1n) is 7.96. The van der Waals surface area contributed by atoms with Gasteiger partial charge in [-0.05, 0) is 30.5 Å². The Bertz CT molecular complexity index is 506. The molecule has 1 aliphatic heterocycles. The lowest BCUT2D eigenvalue weighted by Crippen LogP contribution is -2.42. The number of aromatic nitrogens is 1. The zero-order valence-electron chi connectivity index (χ0n) is 13.9. The van der Waals surface area contributed by atoms with E-state index in [0.29, 0.717) is 6.54 Å². The Morgan fingerprint density at radius 3 is 2.96 bits per heavy atom. The monoisotopic (exact) mass is 322 g/mol. The molecule has 0 aromatic carbocycles. The van der Waals surface area contributed by atoms with Crippen molar-refractivity contribution in [3.05, 3.63) is 23.9 Å². The highest BCUT2D eigenvalue weighted by molar-refractivity contribution is 5.73. The Balaban J connectivity index is 1.82. The van der Waals surface area contributed by atoms with Crippen molar-refractivity contribution in [2.75, 3.05) is 45.3 Å². The van der Waals surface area contributed by atoms with Crippen LogP contribution in [-0.2, 0) is 11.3 Å². The van der Waals surface area contributed by atoms with Crippen molar-refractivity contribution in [1.29, 1.82) is 0 Å². The molecule has 0 aliphatic carbocycles. The fourth-order valence-electron chi connectivity index (χ4n) is 2.65. The van der Waals surface area contributed by atoms with E-state index < -0.39 is 6.10 Å². The summed E-state index contributed by atoms with van der Waals surface area (Å²) in [6.45, 7) is 2.97. The lowest BCUT2D eigenvalue weighted by Gasteiger charge is -2.21. The Morgan fingerprint density at radius 1 is 1.52 bits per heavy atom. The van der Waals surface area contributed by atoms with Gasteiger partial charge in [-0.25, -0.2) is 9.78 Å². The van der Waals surface area contributed by atoms with Gasteiger partial charge in [0.05, 0.1) is 19.3 Å². The van der Waals surface area contributed by atoms with Gasteiger partial charge in [0.2, 0.25) is 0 Å². The molecule has 1 saturated heterocycles. The molecule has 7 nitrogen and oxygen atoms in total. The Kier molecular flexibility index (Phi) is 6.61. The molecule has 0 spiro atoms. The molecule has 2 amide bonds. The highest BCUT2D eigenvalue weighted by Gasteiger charge is 2.15. The first kappa shape index (κ1) is 17.5. The number of pyridine rings is 1. The molecule has 7 heteroatoms. The van der Waals surface area contributed by atoms with Crippen LogP contribution in [-0.4, -0.2) is 67.5 Å². The minimum Gasteiger partial charge on any atom is -0.389 e. The molecule has 1 aromatic heterocycles. The third kappa shape index (κ3) is 5.37. The molecule has 2 rings (SSSR count). The molecule has 1 aliphatic rings. The maximum absolute atomic E-state index is 12.0. The molecule has 1 fully saturated rings. The Morgan fingerprint density at radius 2 is 2.26 bits per heavy atom. The molecule has 1 atom stereocenters. The number of methoxy groups -OCH3 is 1. The first-order chi connectivity index (χ1) is 11.1. The van der Waals surface area contributed by atoms with Crippen molar-refractivity contribution in [3.63, 3.8) is 0 Å². The summed E-state index contributed by atoms with van der Waals surface area (Å²) in [6, 6.07) is 3.70. The molecule has 0 unspecified atom stereocenters. The molecule has 0 saturated carbocycles. The van der Waals surface area contributed by atoms with Crippen LogP contribution in [0.2, 0.25) is 0 Å². The van der Waals surface area contributed by atoms with Crippen LogP contribution in [0.25, 0.3) is 0 Å². The number of rotatable bonds is 7. The zero-order chi connectivity index (χ0) is 16.7. The van der Waals surface area contributed by atoms with Crippen LogP contribution in [0.3, 0.4) is 0 Å². The van der Waals surface area contributed by atoms with Crippen LogP contribution in [0, 0.1) is 0 Å². The summed E-state index contributed by atoms with van der Waals surface area (Å²) in [5, 5.41) is 12.5. The van der Waals surface area contributed by atoms with Crippen molar-refractivity contribution in [2.24, 2.45) is 0 Å². The second-order valence-corrected chi connectivity index (χ2v) is 5.86. The Hall–Kier alpha value is -1.86. The normalized spacial score (nSPS) is 15.5. The number of aliphatic hydroxyl groups excluding tert-OH is 1. The van der Waals surface area contributed by atoms with E-state index in [0.717, 1.165) is 24.5 Å². The summed E-state index contributed by atoms with van der Waals surface area (Å²) in [5.41, 5.74) is 1.01. The maximum Gasteiger partial charge on any atom is 0.317 e. The van der Waals surface area contributed by atoms with Gasteiger partial charge in [0.1, 0.15) is 5.82 Å². The number of urea groups is 1. The van der Waals surface area contributed by atoms with Gasteiger partial charge in [-0.2, -0.15) is 0 Å². The summed E-state index contributed by atoms with van der Waals surface area (Å²) in [6.07, 6.45) is 3.51. The van der Waals surface area contributed by atoms with E-state index in [2.05, 4.69) is 15.2 Å². The highest BCUT2D eigenvalue weighted by atomic mass is 16.5. The summed E-state index contributed by atoms with van der Waals surface area (Å²) < 4.78 is 4.86. The second-order valence-electron chi connectivity index (χ2n) is 5.86. The Labute approximate surface area is 137 Å². The van der Waals surface area contributed by atoms with E-state index in [9.17, 15) is 9.90 Å². The van der Waals surface area contributed by atoms with Crippen LogP contribution in [0.5, 0.6) is 0 Å². The highest BCUT2D eigenvalue weighted by Crippen LogP contribution is 2.18. The van der Waals surface area contributed by atoms with Crippen LogP contribution >= 0.6 is 0 Å². The number of nitrogens with one attached hydrogen (secondary N) is 1. The predicted molar refractivity (Wildman–Crippen MR) is 88.4 cm³/mol. The third-order valence-corrected chi connectivity index (χ3v) is 3.87. The topological polar surface area (TPSA) is 77.9 Å². The van der Waals surface area contributed by atoms with Crippen molar-refractivity contribution in [2.45, 2.75) is 25.5 Å². The number of amides is 2. The van der Waals surface area contributed by atoms with Crippen molar-refractivity contribution in [3.8, 4) is 0 Å². The van der Waals surface area contributed by atoms with Gasteiger partial charge in [-0.1, -0.05) is 0 Å². The molecular weight excluding hydrogens is 296 g/mol. The number of likely N-dealkylation sites (N-methyl/N-ethyl adjacent to an activating group) is 1. The zero-order valence-corrected chi connectivity index (χ0v) is 13.9. The number of carbonyl (C=O) groups excluding carboxylic acids is 1. The average Bonchev–Trinajstić information content (AvgIpc) is 3.07. The van der Waals surface area contributed by atoms with Crippen LogP contribution in [0.1, 0.15) is 18.4 Å². The molecule has 23 heavy (non-hydrogen) atoms. The van der Waals surface area contributed by atoms with Gasteiger partial charge in [0.15, 0.2) is 0 Å². The first-order valence-corrected chi connectivity index (χ1v) is 7.96. The van der Waals surface area contributed by atoms with Crippen molar-refractivity contribution >= 4 is 11.8 Å². The summed E-state index contributed by atoms with van der Waals surface area (Å²) in [7, 11) is 3.17. The van der Waals surface area contributed by atoms with Crippen molar-refractivity contribution < 1.29 is 14.6 Å². The van der Waals surface area contributed by atoms with E-state index in [4.69, 9.17) is 4.74 Å². The number of hydrogen-bond donors (Lipinski definition) is 2. The minimum atomic E-state index is -0.682. The molecular formula is C16H26N4O3. The predicted octanol–water partition coefficient (Wildman–Crippen LogP) is 0.830. The fourth-order valence-corrected chi connectivity index (χ4v) is 2.65. The van der Waals surface area contributed by atoms with Gasteiger partial charge in [0, 0.05) is 40.0 Å². The molecule has 0 bridgehead atoms. The number of aliphatic hydroxyl groups is 1. The average molecular weight is 322 g/mol. The van der Waals surface area contributed by atoms with E-state index in [-0.39, 0.29) is 19.2 Å². The van der Waals surface area contributed by atoms with Crippen LogP contribution in [0.15, 0.2) is 18.3 Å². The maximum atomic E-state index is 12.0. The molecule has 2 heterocycles. The molecule has 0 radical (unpaired) electrons. The number of anilines is 1. The number of hydrogen-bond acceptors (Lipinski definition) is 5. The SMILES string of the molecule is COC[C@@H](O)CN(C)C(=O)NCc1ccnc(N2CCCC2)c1. The molecule has 1 aromatic rings. The van der Waals surface area contributed by atoms with E-state index in [1.165, 1.54) is 24.9 Å². The van der Waals surface area contributed by atoms with Crippen LogP contribution in [0.4, 0.5) is 10.6 Å². The van der Waals surface area contributed by atoms with E-state index in [1.54, 1.807) is 13.2 Å². The lowest BCUT2D eigenvalue weighted by molar-refractivity contribution is 0.0489. The van der Waals surface area contributed by atoms with Crippen molar-refractivity contribution in [1.82, 2.24) is 15.2 Å². The largest absolute Gasteiger partial charge is 0.389 e. The van der Waals surface area contributed by atoms with Crippen LogP contribution < -0.4 is 10.2 Å². The fraction of sp³-hybridized carbons (Fsp3) is 0.625. The van der Waals surface area contributed by atoms with E-state index in [1.807, 2.05) is 12.1 Å². The third-order valence-electron chi connectivity index (χ3n) is 3.87. The number of nitrogens with zero attached hydrogens (tertiary/aromatic N) is 3. The smallest absolute Gasteiger partial charge is 0.317 e. The number of ether oxygens (including phenoxy) is 1. The van der Waals surface area contributed by atoms with E-state index >= 15 is 0 Å². The summed E-state index contributed by atoms with van der Waals surface area (Å²) in [5.74, 6) is 0.970. The quantitative estimate of drug-likeness (QED) is 0.777. The minimum absolute atomic E-state index is 0.209. The lowest BCUT2D eigenvalue weighted by atomic mass is 10.2. The van der Waals surface area contributed by atoms with Gasteiger partial charge >= 0.3 is 6.03 Å². The van der Waals surface area contributed by atoms with Gasteiger partial charge < -0.3 is 25.0 Å². The van der Waals surface area contributed by atoms with Gasteiger partial charge in [-0.3, -0.25) is 0 Å². The van der Waals surface area contributed by atoms with Gasteiger partial charge in [0.25, 0.3) is 0 Å². The standard InChI is InChI=1S/C16H26N4O3/c1-19(11-14(21)12-23-2)16(22)18-10-13-5-6-17-15(9-13)20-7-3-4-8-20/h5-6,9,14,21H,3-4,7-8,10-12H2,1-2H3,(H,18,22)/t14-/m0/s1. The summed E-state index contributed by atoms with van der Waals surface area (Å²) >= 11 is 0. The summed E-state index contributed by atoms with van der Waals surface area (Å²) in [4.78, 5) is 20.1. The second kappa shape index (κ2) is 8.69. The van der Waals surface area contributed by atoms with Gasteiger partial charge in [-0.15, -0.1) is 0 Å². The molecule has 2 N–H and O–H groups in total.